The van der Waals surface area contributed by atoms with Gasteiger partial charge in [0, 0.05) is 11.1 Å². The molecule has 0 aromatic heterocycles. The van der Waals surface area contributed by atoms with Crippen molar-refractivity contribution in [2.45, 2.75) is 26.4 Å². The van der Waals surface area contributed by atoms with Crippen molar-refractivity contribution >= 4 is 17.7 Å². The third kappa shape index (κ3) is 5.67. The van der Waals surface area contributed by atoms with Gasteiger partial charge in [-0.15, -0.1) is 0 Å². The van der Waals surface area contributed by atoms with Crippen LogP contribution in [0.5, 0.6) is 5.75 Å². The second-order valence-electron chi connectivity index (χ2n) is 5.96. The molecule has 1 N–H and O–H groups in total. The maximum Gasteiger partial charge on any atom is 0.326 e. The standard InChI is InChI=1S/C21H23NO5/c1-4-15-5-7-16(8-6-15)20(24)14(2)27-19(23)13-22-21(25)17-9-11-18(26-3)12-10-17/h5-12,14H,4,13H2,1-3H3,(H,22,25)/t14-/m0/s1. The van der Waals surface area contributed by atoms with E-state index in [2.05, 4.69) is 5.32 Å². The summed E-state index contributed by atoms with van der Waals surface area (Å²) in [5.41, 5.74) is 2.00. The second-order valence-corrected chi connectivity index (χ2v) is 5.96. The van der Waals surface area contributed by atoms with Gasteiger partial charge in [0.2, 0.25) is 5.78 Å². The van der Waals surface area contributed by atoms with Gasteiger partial charge in [-0.3, -0.25) is 14.4 Å². The molecule has 0 fully saturated rings. The highest BCUT2D eigenvalue weighted by Crippen LogP contribution is 2.11. The van der Waals surface area contributed by atoms with Crippen molar-refractivity contribution in [2.24, 2.45) is 0 Å². The van der Waals surface area contributed by atoms with E-state index in [4.69, 9.17) is 9.47 Å². The first kappa shape index (κ1) is 20.2. The molecule has 2 aromatic rings. The zero-order valence-corrected chi connectivity index (χ0v) is 15.7. The van der Waals surface area contributed by atoms with E-state index in [0.29, 0.717) is 16.9 Å². The molecule has 27 heavy (non-hydrogen) atoms. The van der Waals surface area contributed by atoms with Crippen LogP contribution in [0.1, 0.15) is 40.1 Å². The number of rotatable bonds is 8. The van der Waals surface area contributed by atoms with Crippen molar-refractivity contribution in [3.8, 4) is 5.75 Å². The van der Waals surface area contributed by atoms with Gasteiger partial charge in [-0.2, -0.15) is 0 Å². The molecule has 6 nitrogen and oxygen atoms in total. The van der Waals surface area contributed by atoms with Gasteiger partial charge in [0.1, 0.15) is 12.3 Å². The molecule has 0 heterocycles. The molecule has 2 rings (SSSR count). The number of hydrogen-bond acceptors (Lipinski definition) is 5. The Balaban J connectivity index is 1.84. The molecular weight excluding hydrogens is 346 g/mol. The molecule has 0 aliphatic carbocycles. The highest BCUT2D eigenvalue weighted by molar-refractivity contribution is 6.00. The van der Waals surface area contributed by atoms with E-state index < -0.39 is 18.0 Å². The highest BCUT2D eigenvalue weighted by atomic mass is 16.5. The van der Waals surface area contributed by atoms with E-state index >= 15 is 0 Å². The number of ether oxygens (including phenoxy) is 2. The first-order valence-electron chi connectivity index (χ1n) is 8.69. The smallest absolute Gasteiger partial charge is 0.326 e. The molecule has 0 saturated heterocycles. The fourth-order valence-corrected chi connectivity index (χ4v) is 2.43. The van der Waals surface area contributed by atoms with Crippen LogP contribution in [0.3, 0.4) is 0 Å². The molecule has 0 radical (unpaired) electrons. The van der Waals surface area contributed by atoms with E-state index in [-0.39, 0.29) is 12.3 Å². The number of amides is 1. The van der Waals surface area contributed by atoms with Crippen molar-refractivity contribution in [2.75, 3.05) is 13.7 Å². The first-order chi connectivity index (χ1) is 12.9. The van der Waals surface area contributed by atoms with Gasteiger partial charge in [0.15, 0.2) is 6.10 Å². The molecule has 6 heteroatoms. The summed E-state index contributed by atoms with van der Waals surface area (Å²) in [7, 11) is 1.53. The van der Waals surface area contributed by atoms with Crippen LogP contribution in [-0.4, -0.2) is 37.4 Å². The fraction of sp³-hybridized carbons (Fsp3) is 0.286. The van der Waals surface area contributed by atoms with Gasteiger partial charge >= 0.3 is 5.97 Å². The van der Waals surface area contributed by atoms with Gasteiger partial charge < -0.3 is 14.8 Å². The molecule has 0 unspecified atom stereocenters. The third-order valence-electron chi connectivity index (χ3n) is 4.07. The minimum atomic E-state index is -0.928. The van der Waals surface area contributed by atoms with Crippen molar-refractivity contribution in [3.63, 3.8) is 0 Å². The zero-order chi connectivity index (χ0) is 19.8. The van der Waals surface area contributed by atoms with Gasteiger partial charge in [-0.25, -0.2) is 0 Å². The van der Waals surface area contributed by atoms with Crippen molar-refractivity contribution < 1.29 is 23.9 Å². The summed E-state index contributed by atoms with van der Waals surface area (Å²) in [6.45, 7) is 3.22. The Bertz CT molecular complexity index is 796. The number of hydrogen-bond donors (Lipinski definition) is 1. The lowest BCUT2D eigenvalue weighted by Crippen LogP contribution is -2.34. The van der Waals surface area contributed by atoms with Crippen LogP contribution in [0.15, 0.2) is 48.5 Å². The Morgan fingerprint density at radius 1 is 0.963 bits per heavy atom. The predicted molar refractivity (Wildman–Crippen MR) is 101 cm³/mol. The predicted octanol–water partition coefficient (Wildman–Crippen LogP) is 2.80. The second kappa shape index (κ2) is 9.52. The number of ketones is 1. The minimum absolute atomic E-state index is 0.285. The maximum atomic E-state index is 12.3. The fourth-order valence-electron chi connectivity index (χ4n) is 2.43. The highest BCUT2D eigenvalue weighted by Gasteiger charge is 2.20. The van der Waals surface area contributed by atoms with Crippen molar-refractivity contribution in [3.05, 3.63) is 65.2 Å². The van der Waals surface area contributed by atoms with Crippen LogP contribution in [0.4, 0.5) is 0 Å². The van der Waals surface area contributed by atoms with Gasteiger partial charge in [0.25, 0.3) is 5.91 Å². The van der Waals surface area contributed by atoms with E-state index in [1.807, 2.05) is 19.1 Å². The SMILES string of the molecule is CCc1ccc(C(=O)[C@H](C)OC(=O)CNC(=O)c2ccc(OC)cc2)cc1. The summed E-state index contributed by atoms with van der Waals surface area (Å²) < 4.78 is 10.1. The van der Waals surface area contributed by atoms with E-state index in [1.54, 1.807) is 36.4 Å². The van der Waals surface area contributed by atoms with Crippen LogP contribution in [0, 0.1) is 0 Å². The molecule has 2 aromatic carbocycles. The summed E-state index contributed by atoms with van der Waals surface area (Å²) in [5, 5.41) is 2.47. The summed E-state index contributed by atoms with van der Waals surface area (Å²) in [6, 6.07) is 13.7. The zero-order valence-electron chi connectivity index (χ0n) is 15.7. The molecular formula is C21H23NO5. The van der Waals surface area contributed by atoms with E-state index in [1.165, 1.54) is 14.0 Å². The summed E-state index contributed by atoms with van der Waals surface area (Å²) in [6.07, 6.45) is -0.0461. The van der Waals surface area contributed by atoms with Crippen LogP contribution in [0.25, 0.3) is 0 Å². The van der Waals surface area contributed by atoms with Gasteiger partial charge in [-0.1, -0.05) is 31.2 Å². The number of methoxy groups -OCH3 is 1. The molecule has 0 aliphatic heterocycles. The molecule has 142 valence electrons. The van der Waals surface area contributed by atoms with E-state index in [0.717, 1.165) is 12.0 Å². The first-order valence-corrected chi connectivity index (χ1v) is 8.69. The summed E-state index contributed by atoms with van der Waals surface area (Å²) in [5.74, 6) is -0.746. The van der Waals surface area contributed by atoms with Gasteiger partial charge in [-0.05, 0) is 43.2 Å². The Morgan fingerprint density at radius 3 is 2.11 bits per heavy atom. The Morgan fingerprint density at radius 2 is 1.56 bits per heavy atom. The van der Waals surface area contributed by atoms with Crippen molar-refractivity contribution in [1.82, 2.24) is 5.32 Å². The largest absolute Gasteiger partial charge is 0.497 e. The van der Waals surface area contributed by atoms with Crippen molar-refractivity contribution in [1.29, 1.82) is 0 Å². The quantitative estimate of drug-likeness (QED) is 0.572. The third-order valence-corrected chi connectivity index (χ3v) is 4.07. The van der Waals surface area contributed by atoms with E-state index in [9.17, 15) is 14.4 Å². The number of nitrogens with one attached hydrogen (secondary N) is 1. The molecule has 1 amide bonds. The average molecular weight is 369 g/mol. The number of carbonyl (C=O) groups excluding carboxylic acids is 3. The number of benzene rings is 2. The molecule has 0 spiro atoms. The molecule has 0 bridgehead atoms. The number of Topliss-reactive ketones (excluding diaryl/α,β-unsaturated/α-hetero) is 1. The Hall–Kier alpha value is -3.15. The Kier molecular flexibility index (Phi) is 7.11. The minimum Gasteiger partial charge on any atom is -0.497 e. The molecule has 0 saturated carbocycles. The molecule has 0 aliphatic rings. The van der Waals surface area contributed by atoms with Crippen LogP contribution < -0.4 is 10.1 Å². The van der Waals surface area contributed by atoms with Crippen LogP contribution in [-0.2, 0) is 16.0 Å². The number of carbonyl (C=O) groups is 3. The van der Waals surface area contributed by atoms with Crippen LogP contribution >= 0.6 is 0 Å². The van der Waals surface area contributed by atoms with Crippen LogP contribution in [0.2, 0.25) is 0 Å². The lowest BCUT2D eigenvalue weighted by molar-refractivity contribution is -0.145. The monoisotopic (exact) mass is 369 g/mol. The lowest BCUT2D eigenvalue weighted by atomic mass is 10.0. The summed E-state index contributed by atoms with van der Waals surface area (Å²) in [4.78, 5) is 36.3. The summed E-state index contributed by atoms with van der Waals surface area (Å²) >= 11 is 0. The normalized spacial score (nSPS) is 11.4. The Labute approximate surface area is 158 Å². The maximum absolute atomic E-state index is 12.3. The average Bonchev–Trinajstić information content (AvgIpc) is 2.71. The van der Waals surface area contributed by atoms with Gasteiger partial charge in [0.05, 0.1) is 7.11 Å². The number of aryl methyl sites for hydroxylation is 1. The lowest BCUT2D eigenvalue weighted by Gasteiger charge is -2.13. The number of esters is 1. The topological polar surface area (TPSA) is 81.7 Å². The molecule has 1 atom stereocenters.